The number of hydrogen-bond acceptors (Lipinski definition) is 5. The molecule has 2 aromatic rings. The molecule has 196 valence electrons. The van der Waals surface area contributed by atoms with E-state index in [9.17, 15) is 15.3 Å². The fourth-order valence-corrected chi connectivity index (χ4v) is 4.56. The number of benzene rings is 2. The molecule has 5 N–H and O–H groups in total. The van der Waals surface area contributed by atoms with Crippen molar-refractivity contribution < 1.29 is 15.3 Å². The van der Waals surface area contributed by atoms with Crippen molar-refractivity contribution in [2.75, 3.05) is 19.6 Å². The van der Waals surface area contributed by atoms with Crippen LogP contribution in [0.1, 0.15) is 88.3 Å². The van der Waals surface area contributed by atoms with E-state index in [2.05, 4.69) is 24.5 Å². The summed E-state index contributed by atoms with van der Waals surface area (Å²) >= 11 is 0. The molecule has 1 unspecified atom stereocenters. The van der Waals surface area contributed by atoms with E-state index in [1.807, 2.05) is 18.2 Å². The Morgan fingerprint density at radius 1 is 0.771 bits per heavy atom. The van der Waals surface area contributed by atoms with E-state index in [4.69, 9.17) is 0 Å². The zero-order chi connectivity index (χ0) is 25.3. The van der Waals surface area contributed by atoms with Gasteiger partial charge < -0.3 is 26.0 Å². The standard InChI is InChI=1S/C30H48N2O3/c1-3-4-5-8-12-24(2)32-21-10-7-6-9-20-31-22-19-26-16-18-29(34)30(35)28(26)17-15-25-13-11-14-27(33)23-25/h11,13-14,16,18,23-24,31-35H,3-10,12,15,17,19-22H2,1-2H3. The molecule has 5 heteroatoms. The topological polar surface area (TPSA) is 84.8 Å². The lowest BCUT2D eigenvalue weighted by molar-refractivity contribution is 0.398. The number of hydrogen-bond donors (Lipinski definition) is 5. The van der Waals surface area contributed by atoms with Gasteiger partial charge in [0.15, 0.2) is 11.5 Å². The lowest BCUT2D eigenvalue weighted by Crippen LogP contribution is -2.26. The minimum absolute atomic E-state index is 0.0217. The number of phenolic OH excluding ortho intramolecular Hbond substituents is 3. The molecule has 5 nitrogen and oxygen atoms in total. The zero-order valence-electron chi connectivity index (χ0n) is 22.0. The van der Waals surface area contributed by atoms with Crippen LogP contribution >= 0.6 is 0 Å². The van der Waals surface area contributed by atoms with Crippen LogP contribution in [0.3, 0.4) is 0 Å². The lowest BCUT2D eigenvalue weighted by atomic mass is 9.96. The summed E-state index contributed by atoms with van der Waals surface area (Å²) < 4.78 is 0. The van der Waals surface area contributed by atoms with E-state index in [0.717, 1.165) is 42.7 Å². The van der Waals surface area contributed by atoms with Crippen molar-refractivity contribution >= 4 is 0 Å². The van der Waals surface area contributed by atoms with E-state index >= 15 is 0 Å². The Kier molecular flexibility index (Phi) is 14.3. The monoisotopic (exact) mass is 484 g/mol. The minimum atomic E-state index is -0.0759. The summed E-state index contributed by atoms with van der Waals surface area (Å²) in [7, 11) is 0. The van der Waals surface area contributed by atoms with Gasteiger partial charge in [-0.2, -0.15) is 0 Å². The molecule has 35 heavy (non-hydrogen) atoms. The van der Waals surface area contributed by atoms with Crippen LogP contribution in [0.25, 0.3) is 0 Å². The number of unbranched alkanes of at least 4 members (excludes halogenated alkanes) is 6. The highest BCUT2D eigenvalue weighted by atomic mass is 16.3. The van der Waals surface area contributed by atoms with E-state index in [1.54, 1.807) is 18.2 Å². The molecule has 0 saturated heterocycles. The third kappa shape index (κ3) is 11.8. The molecular weight excluding hydrogens is 436 g/mol. The van der Waals surface area contributed by atoms with Gasteiger partial charge in [-0.25, -0.2) is 0 Å². The Labute approximate surface area is 213 Å². The van der Waals surface area contributed by atoms with Crippen molar-refractivity contribution in [2.45, 2.75) is 96.9 Å². The molecular formula is C30H48N2O3. The smallest absolute Gasteiger partial charge is 0.160 e. The van der Waals surface area contributed by atoms with Crippen LogP contribution in [-0.2, 0) is 19.3 Å². The number of aryl methyl sites for hydroxylation is 1. The van der Waals surface area contributed by atoms with E-state index < -0.39 is 0 Å². The summed E-state index contributed by atoms with van der Waals surface area (Å²) in [5.41, 5.74) is 2.86. The number of phenols is 3. The summed E-state index contributed by atoms with van der Waals surface area (Å²) in [4.78, 5) is 0. The SMILES string of the molecule is CCCCCCC(C)NCCCCCCNCCc1ccc(O)c(O)c1CCc1cccc(O)c1. The molecule has 0 aromatic heterocycles. The Bertz CT molecular complexity index is 840. The molecule has 0 fully saturated rings. The molecule has 2 rings (SSSR count). The molecule has 0 amide bonds. The van der Waals surface area contributed by atoms with Crippen LogP contribution in [0, 0.1) is 0 Å². The van der Waals surface area contributed by atoms with E-state index in [-0.39, 0.29) is 17.2 Å². The van der Waals surface area contributed by atoms with Crippen molar-refractivity contribution in [1.82, 2.24) is 10.6 Å². The van der Waals surface area contributed by atoms with Crippen LogP contribution in [0.5, 0.6) is 17.2 Å². The fourth-order valence-electron chi connectivity index (χ4n) is 4.56. The largest absolute Gasteiger partial charge is 0.508 e. The summed E-state index contributed by atoms with van der Waals surface area (Å²) in [6.45, 7) is 7.54. The minimum Gasteiger partial charge on any atom is -0.508 e. The zero-order valence-corrected chi connectivity index (χ0v) is 22.0. The highest BCUT2D eigenvalue weighted by Crippen LogP contribution is 2.32. The summed E-state index contributed by atoms with van der Waals surface area (Å²) in [5.74, 6) is 0.148. The molecule has 0 spiro atoms. The normalized spacial score (nSPS) is 12.2. The van der Waals surface area contributed by atoms with Gasteiger partial charge in [0.1, 0.15) is 5.75 Å². The van der Waals surface area contributed by atoms with Gasteiger partial charge in [0.2, 0.25) is 0 Å². The van der Waals surface area contributed by atoms with Crippen molar-refractivity contribution in [2.24, 2.45) is 0 Å². The maximum atomic E-state index is 10.4. The quantitative estimate of drug-likeness (QED) is 0.121. The van der Waals surface area contributed by atoms with Crippen molar-refractivity contribution in [3.63, 3.8) is 0 Å². The van der Waals surface area contributed by atoms with Crippen LogP contribution in [0.4, 0.5) is 0 Å². The molecule has 0 radical (unpaired) electrons. The molecule has 0 heterocycles. The second-order valence-electron chi connectivity index (χ2n) is 9.86. The van der Waals surface area contributed by atoms with E-state index in [1.165, 1.54) is 57.8 Å². The molecule has 2 aromatic carbocycles. The molecule has 0 aliphatic rings. The van der Waals surface area contributed by atoms with Gasteiger partial charge in [-0.1, -0.05) is 63.6 Å². The lowest BCUT2D eigenvalue weighted by Gasteiger charge is -2.14. The molecule has 0 bridgehead atoms. The first kappa shape index (κ1) is 29.0. The molecule has 0 aliphatic heterocycles. The third-order valence-corrected chi connectivity index (χ3v) is 6.77. The number of rotatable bonds is 19. The fraction of sp³-hybridized carbons (Fsp3) is 0.600. The van der Waals surface area contributed by atoms with Gasteiger partial charge in [0.25, 0.3) is 0 Å². The summed E-state index contributed by atoms with van der Waals surface area (Å²) in [6, 6.07) is 11.3. The first-order chi connectivity index (χ1) is 17.0. The van der Waals surface area contributed by atoms with Crippen LogP contribution in [0.2, 0.25) is 0 Å². The van der Waals surface area contributed by atoms with E-state index in [0.29, 0.717) is 18.9 Å². The first-order valence-corrected chi connectivity index (χ1v) is 13.8. The van der Waals surface area contributed by atoms with Crippen LogP contribution in [0.15, 0.2) is 36.4 Å². The van der Waals surface area contributed by atoms with Crippen molar-refractivity contribution in [3.8, 4) is 17.2 Å². The van der Waals surface area contributed by atoms with Crippen molar-refractivity contribution in [1.29, 1.82) is 0 Å². The average molecular weight is 485 g/mol. The molecule has 0 aliphatic carbocycles. The van der Waals surface area contributed by atoms with Gasteiger partial charge in [-0.15, -0.1) is 0 Å². The van der Waals surface area contributed by atoms with Gasteiger partial charge >= 0.3 is 0 Å². The Hall–Kier alpha value is -2.24. The molecule has 1 atom stereocenters. The maximum absolute atomic E-state index is 10.4. The predicted octanol–water partition coefficient (Wildman–Crippen LogP) is 6.23. The van der Waals surface area contributed by atoms with Gasteiger partial charge in [0, 0.05) is 11.6 Å². The van der Waals surface area contributed by atoms with Crippen LogP contribution in [-0.4, -0.2) is 41.0 Å². The highest BCUT2D eigenvalue weighted by Gasteiger charge is 2.12. The van der Waals surface area contributed by atoms with Crippen molar-refractivity contribution in [3.05, 3.63) is 53.1 Å². The maximum Gasteiger partial charge on any atom is 0.160 e. The Balaban J connectivity index is 1.59. The Morgan fingerprint density at radius 3 is 2.31 bits per heavy atom. The van der Waals surface area contributed by atoms with Gasteiger partial charge in [0.05, 0.1) is 0 Å². The first-order valence-electron chi connectivity index (χ1n) is 13.8. The second kappa shape index (κ2) is 17.2. The average Bonchev–Trinajstić information content (AvgIpc) is 2.84. The predicted molar refractivity (Wildman–Crippen MR) is 147 cm³/mol. The highest BCUT2D eigenvalue weighted by molar-refractivity contribution is 5.49. The van der Waals surface area contributed by atoms with Crippen LogP contribution < -0.4 is 10.6 Å². The van der Waals surface area contributed by atoms with Gasteiger partial charge in [-0.3, -0.25) is 0 Å². The summed E-state index contributed by atoms with van der Waals surface area (Å²) in [6.07, 6.45) is 13.7. The molecule has 0 saturated carbocycles. The second-order valence-corrected chi connectivity index (χ2v) is 9.86. The Morgan fingerprint density at radius 2 is 1.54 bits per heavy atom. The number of aromatic hydroxyl groups is 3. The van der Waals surface area contributed by atoms with Gasteiger partial charge in [-0.05, 0) is 94.4 Å². The summed E-state index contributed by atoms with van der Waals surface area (Å²) in [5, 5.41) is 37.3. The number of nitrogens with one attached hydrogen (secondary N) is 2. The third-order valence-electron chi connectivity index (χ3n) is 6.77.